The van der Waals surface area contributed by atoms with Gasteiger partial charge in [-0.15, -0.1) is 0 Å². The van der Waals surface area contributed by atoms with Crippen LogP contribution in [0.15, 0.2) is 12.2 Å². The molecule has 2 fully saturated rings. The van der Waals surface area contributed by atoms with Gasteiger partial charge in [0.25, 0.3) is 0 Å². The zero-order valence-electron chi connectivity index (χ0n) is 8.48. The Morgan fingerprint density at radius 1 is 1.14 bits per heavy atom. The third-order valence-electron chi connectivity index (χ3n) is 4.15. The molecule has 76 valence electrons. The summed E-state index contributed by atoms with van der Waals surface area (Å²) in [6.07, 6.45) is 8.61. The standard InChI is InChI=1S/C12H16O2/c1-7(13)14-12-9-3-2-8-4-11(12)6-10(8)5-9/h2-3,8-12H,4-6H2,1H3/t8-,9-,10+,11+,12?/m0/s1. The molecule has 3 bridgehead atoms. The van der Waals surface area contributed by atoms with Gasteiger partial charge >= 0.3 is 5.97 Å². The predicted molar refractivity (Wildman–Crippen MR) is 52.5 cm³/mol. The van der Waals surface area contributed by atoms with Crippen LogP contribution in [0, 0.1) is 23.7 Å². The van der Waals surface area contributed by atoms with Gasteiger partial charge in [0.05, 0.1) is 0 Å². The Kier molecular flexibility index (Phi) is 1.73. The van der Waals surface area contributed by atoms with Crippen LogP contribution in [0.25, 0.3) is 0 Å². The van der Waals surface area contributed by atoms with Crippen molar-refractivity contribution in [2.45, 2.75) is 32.3 Å². The highest BCUT2D eigenvalue weighted by molar-refractivity contribution is 5.66. The van der Waals surface area contributed by atoms with Gasteiger partial charge in [-0.2, -0.15) is 0 Å². The first-order valence-electron chi connectivity index (χ1n) is 5.59. The summed E-state index contributed by atoms with van der Waals surface area (Å²) in [7, 11) is 0. The van der Waals surface area contributed by atoms with Crippen LogP contribution < -0.4 is 0 Å². The molecule has 2 saturated carbocycles. The van der Waals surface area contributed by atoms with Gasteiger partial charge in [-0.3, -0.25) is 4.79 Å². The highest BCUT2D eigenvalue weighted by atomic mass is 16.5. The quantitative estimate of drug-likeness (QED) is 0.470. The predicted octanol–water partition coefficient (Wildman–Crippen LogP) is 2.15. The molecule has 3 aliphatic carbocycles. The van der Waals surface area contributed by atoms with E-state index in [4.69, 9.17) is 4.74 Å². The lowest BCUT2D eigenvalue weighted by Gasteiger charge is -2.36. The molecule has 1 unspecified atom stereocenters. The Bertz CT molecular complexity index is 295. The Morgan fingerprint density at radius 2 is 1.86 bits per heavy atom. The molecule has 2 nitrogen and oxygen atoms in total. The van der Waals surface area contributed by atoms with Crippen LogP contribution in [-0.2, 0) is 9.53 Å². The van der Waals surface area contributed by atoms with Gasteiger partial charge in [-0.25, -0.2) is 0 Å². The first-order chi connectivity index (χ1) is 6.74. The van der Waals surface area contributed by atoms with E-state index in [0.717, 1.165) is 11.8 Å². The van der Waals surface area contributed by atoms with Crippen molar-refractivity contribution in [1.29, 1.82) is 0 Å². The van der Waals surface area contributed by atoms with Gasteiger partial charge in [0.15, 0.2) is 0 Å². The summed E-state index contributed by atoms with van der Waals surface area (Å²) in [5.74, 6) is 2.72. The zero-order valence-corrected chi connectivity index (χ0v) is 8.48. The maximum absolute atomic E-state index is 11.0. The summed E-state index contributed by atoms with van der Waals surface area (Å²) >= 11 is 0. The first-order valence-corrected chi connectivity index (χ1v) is 5.59. The molecule has 0 aromatic carbocycles. The smallest absolute Gasteiger partial charge is 0.302 e. The molecule has 0 amide bonds. The number of fused-ring (bicyclic) bond motifs is 2. The van der Waals surface area contributed by atoms with E-state index in [-0.39, 0.29) is 12.1 Å². The molecule has 3 aliphatic rings. The number of carbonyl (C=O) groups is 1. The molecule has 0 radical (unpaired) electrons. The van der Waals surface area contributed by atoms with Crippen molar-refractivity contribution in [3.05, 3.63) is 12.2 Å². The molecular weight excluding hydrogens is 176 g/mol. The maximum atomic E-state index is 11.0. The number of ether oxygens (including phenoxy) is 1. The summed E-state index contributed by atoms with van der Waals surface area (Å²) in [6.45, 7) is 1.52. The minimum atomic E-state index is -0.114. The van der Waals surface area contributed by atoms with Crippen molar-refractivity contribution in [2.24, 2.45) is 23.7 Å². The van der Waals surface area contributed by atoms with Crippen molar-refractivity contribution in [3.8, 4) is 0 Å². The average molecular weight is 192 g/mol. The lowest BCUT2D eigenvalue weighted by Crippen LogP contribution is -2.36. The molecule has 0 heterocycles. The SMILES string of the molecule is CC(=O)OC1[C@H]2C[C@H]3C[C@@H]1C=C[C@H]3C2. The van der Waals surface area contributed by atoms with Gasteiger partial charge < -0.3 is 4.74 Å². The van der Waals surface area contributed by atoms with Crippen LogP contribution in [0.4, 0.5) is 0 Å². The second kappa shape index (κ2) is 2.85. The topological polar surface area (TPSA) is 26.3 Å². The Balaban J connectivity index is 1.86. The highest BCUT2D eigenvalue weighted by Crippen LogP contribution is 2.53. The second-order valence-electron chi connectivity index (χ2n) is 5.01. The third-order valence-corrected chi connectivity index (χ3v) is 4.15. The van der Waals surface area contributed by atoms with E-state index >= 15 is 0 Å². The summed E-state index contributed by atoms with van der Waals surface area (Å²) in [4.78, 5) is 11.0. The van der Waals surface area contributed by atoms with Gasteiger partial charge in [0.2, 0.25) is 0 Å². The van der Waals surface area contributed by atoms with Crippen LogP contribution >= 0.6 is 0 Å². The van der Waals surface area contributed by atoms with Crippen molar-refractivity contribution in [3.63, 3.8) is 0 Å². The van der Waals surface area contributed by atoms with Crippen molar-refractivity contribution >= 4 is 5.97 Å². The monoisotopic (exact) mass is 192 g/mol. The van der Waals surface area contributed by atoms with Crippen LogP contribution in [0.5, 0.6) is 0 Å². The molecule has 5 atom stereocenters. The highest BCUT2D eigenvalue weighted by Gasteiger charge is 2.48. The molecule has 0 aromatic rings. The second-order valence-corrected chi connectivity index (χ2v) is 5.01. The van der Waals surface area contributed by atoms with Crippen molar-refractivity contribution < 1.29 is 9.53 Å². The molecular formula is C12H16O2. The Morgan fingerprint density at radius 3 is 2.64 bits per heavy atom. The van der Waals surface area contributed by atoms with Crippen molar-refractivity contribution in [2.75, 3.05) is 0 Å². The Labute approximate surface area is 84.3 Å². The van der Waals surface area contributed by atoms with E-state index in [1.165, 1.54) is 26.2 Å². The molecule has 14 heavy (non-hydrogen) atoms. The molecule has 0 aromatic heterocycles. The van der Waals surface area contributed by atoms with Gasteiger partial charge in [-0.1, -0.05) is 12.2 Å². The molecule has 0 aliphatic heterocycles. The van der Waals surface area contributed by atoms with Gasteiger partial charge in [-0.05, 0) is 37.0 Å². The normalized spacial score (nSPS) is 48.2. The maximum Gasteiger partial charge on any atom is 0.302 e. The summed E-state index contributed by atoms with van der Waals surface area (Å²) in [6, 6.07) is 0. The lowest BCUT2D eigenvalue weighted by atomic mass is 9.74. The van der Waals surface area contributed by atoms with E-state index in [1.807, 2.05) is 0 Å². The van der Waals surface area contributed by atoms with Crippen LogP contribution in [0.3, 0.4) is 0 Å². The molecule has 0 N–H and O–H groups in total. The van der Waals surface area contributed by atoms with Gasteiger partial charge in [0, 0.05) is 12.8 Å². The van der Waals surface area contributed by atoms with Gasteiger partial charge in [0.1, 0.15) is 6.10 Å². The summed E-state index contributed by atoms with van der Waals surface area (Å²) in [5, 5.41) is 0. The van der Waals surface area contributed by atoms with E-state index in [9.17, 15) is 4.79 Å². The molecule has 3 rings (SSSR count). The van der Waals surface area contributed by atoms with Crippen LogP contribution in [0.2, 0.25) is 0 Å². The number of allylic oxidation sites excluding steroid dienone is 1. The Hall–Kier alpha value is -0.790. The van der Waals surface area contributed by atoms with Crippen molar-refractivity contribution in [1.82, 2.24) is 0 Å². The molecule has 0 spiro atoms. The zero-order chi connectivity index (χ0) is 9.71. The fourth-order valence-corrected chi connectivity index (χ4v) is 3.66. The third kappa shape index (κ3) is 1.13. The summed E-state index contributed by atoms with van der Waals surface area (Å²) in [5.41, 5.74) is 0. The number of hydrogen-bond donors (Lipinski definition) is 0. The molecule has 2 heteroatoms. The largest absolute Gasteiger partial charge is 0.462 e. The summed E-state index contributed by atoms with van der Waals surface area (Å²) < 4.78 is 5.46. The van der Waals surface area contributed by atoms with E-state index in [1.54, 1.807) is 0 Å². The van der Waals surface area contributed by atoms with E-state index in [0.29, 0.717) is 11.8 Å². The number of rotatable bonds is 1. The number of hydrogen-bond acceptors (Lipinski definition) is 2. The average Bonchev–Trinajstić information content (AvgIpc) is 2.43. The van der Waals surface area contributed by atoms with Crippen LogP contribution in [0.1, 0.15) is 26.2 Å². The first kappa shape index (κ1) is 8.51. The number of esters is 1. The minimum Gasteiger partial charge on any atom is -0.462 e. The lowest BCUT2D eigenvalue weighted by molar-refractivity contribution is -0.153. The van der Waals surface area contributed by atoms with E-state index < -0.39 is 0 Å². The minimum absolute atomic E-state index is 0.114. The van der Waals surface area contributed by atoms with E-state index in [2.05, 4.69) is 12.2 Å². The fourth-order valence-electron chi connectivity index (χ4n) is 3.66. The fraction of sp³-hybridized carbons (Fsp3) is 0.750. The molecule has 0 saturated heterocycles. The van der Waals surface area contributed by atoms with Crippen LogP contribution in [-0.4, -0.2) is 12.1 Å². The number of carbonyl (C=O) groups excluding carboxylic acids is 1.